The molecule has 0 aliphatic rings. The number of unbranched alkanes of at least 4 members (excludes halogenated alkanes) is 4. The molecule has 15 heavy (non-hydrogen) atoms. The third kappa shape index (κ3) is 9.73. The summed E-state index contributed by atoms with van der Waals surface area (Å²) in [6.45, 7) is 4.28. The van der Waals surface area contributed by atoms with Crippen LogP contribution in [-0.2, 0) is 4.79 Å². The van der Waals surface area contributed by atoms with Crippen molar-refractivity contribution in [2.75, 3.05) is 0 Å². The van der Waals surface area contributed by atoms with Gasteiger partial charge in [0.25, 0.3) is 0 Å². The van der Waals surface area contributed by atoms with Gasteiger partial charge < -0.3 is 10.6 Å². The van der Waals surface area contributed by atoms with Gasteiger partial charge in [0, 0.05) is 0 Å². The molecule has 1 atom stereocenters. The Kier molecular flexibility index (Phi) is 12.9. The molecule has 0 saturated carbocycles. The molecule has 0 aromatic heterocycles. The smallest absolute Gasteiger partial charge is 0.306 e. The van der Waals surface area contributed by atoms with E-state index in [4.69, 9.17) is 5.11 Å². The maximum absolute atomic E-state index is 10.9. The normalized spacial score (nSPS) is 11.9. The molecule has 0 radical (unpaired) electrons. The lowest BCUT2D eigenvalue weighted by Gasteiger charge is -2.10. The first-order valence-corrected chi connectivity index (χ1v) is 5.95. The van der Waals surface area contributed by atoms with Crippen LogP contribution >= 0.6 is 0 Å². The van der Waals surface area contributed by atoms with E-state index in [0.29, 0.717) is 0 Å². The van der Waals surface area contributed by atoms with Gasteiger partial charge in [-0.3, -0.25) is 4.79 Å². The number of aliphatic carboxylic acids is 1. The minimum absolute atomic E-state index is 0. The van der Waals surface area contributed by atoms with E-state index in [1.165, 1.54) is 19.3 Å². The fourth-order valence-electron chi connectivity index (χ4n) is 1.66. The molecule has 0 rings (SSSR count). The van der Waals surface area contributed by atoms with Gasteiger partial charge >= 0.3 is 5.97 Å². The Morgan fingerprint density at radius 2 is 1.53 bits per heavy atom. The highest BCUT2D eigenvalue weighted by Crippen LogP contribution is 2.17. The van der Waals surface area contributed by atoms with E-state index in [1.807, 2.05) is 0 Å². The molecule has 0 aliphatic carbocycles. The first-order valence-electron chi connectivity index (χ1n) is 5.95. The number of rotatable bonds is 9. The summed E-state index contributed by atoms with van der Waals surface area (Å²) in [5.41, 5.74) is 0. The number of hydrogen-bond acceptors (Lipinski definition) is 1. The van der Waals surface area contributed by atoms with Crippen molar-refractivity contribution < 1.29 is 15.4 Å². The second kappa shape index (κ2) is 11.5. The largest absolute Gasteiger partial charge is 0.481 e. The van der Waals surface area contributed by atoms with Crippen LogP contribution in [0.25, 0.3) is 0 Å². The van der Waals surface area contributed by atoms with E-state index in [2.05, 4.69) is 13.8 Å². The summed E-state index contributed by atoms with van der Waals surface area (Å²) in [5, 5.41) is 8.96. The molecule has 0 bridgehead atoms. The van der Waals surface area contributed by atoms with Gasteiger partial charge in [0.05, 0.1) is 5.92 Å². The Morgan fingerprint density at radius 1 is 1.00 bits per heavy atom. The van der Waals surface area contributed by atoms with E-state index < -0.39 is 5.97 Å². The Bertz CT molecular complexity index is 146. The minimum atomic E-state index is -0.602. The van der Waals surface area contributed by atoms with Gasteiger partial charge in [0.1, 0.15) is 0 Å². The Balaban J connectivity index is 0. The number of carboxylic acid groups (broad SMARTS) is 1. The molecule has 3 heteroatoms. The summed E-state index contributed by atoms with van der Waals surface area (Å²) in [5.74, 6) is -0.693. The van der Waals surface area contributed by atoms with Crippen LogP contribution < -0.4 is 0 Å². The van der Waals surface area contributed by atoms with Crippen LogP contribution in [0.5, 0.6) is 0 Å². The van der Waals surface area contributed by atoms with E-state index in [0.717, 1.165) is 32.1 Å². The van der Waals surface area contributed by atoms with Crippen LogP contribution in [0.2, 0.25) is 0 Å². The first kappa shape index (κ1) is 16.8. The molecule has 92 valence electrons. The molecule has 0 saturated heterocycles. The van der Waals surface area contributed by atoms with Crippen LogP contribution in [0.3, 0.4) is 0 Å². The fourth-order valence-corrected chi connectivity index (χ4v) is 1.66. The van der Waals surface area contributed by atoms with Crippen molar-refractivity contribution in [2.45, 2.75) is 65.2 Å². The molecule has 3 nitrogen and oxygen atoms in total. The summed E-state index contributed by atoms with van der Waals surface area (Å²) in [6, 6.07) is 0. The second-order valence-corrected chi connectivity index (χ2v) is 4.03. The summed E-state index contributed by atoms with van der Waals surface area (Å²) in [7, 11) is 0. The van der Waals surface area contributed by atoms with Gasteiger partial charge in [-0.15, -0.1) is 0 Å². The lowest BCUT2D eigenvalue weighted by molar-refractivity contribution is -0.142. The molecular formula is C12H26O3. The zero-order valence-electron chi connectivity index (χ0n) is 10.1. The number of carbonyl (C=O) groups is 1. The van der Waals surface area contributed by atoms with Crippen molar-refractivity contribution >= 4 is 5.97 Å². The highest BCUT2D eigenvalue weighted by molar-refractivity contribution is 5.69. The quantitative estimate of drug-likeness (QED) is 0.604. The van der Waals surface area contributed by atoms with Crippen molar-refractivity contribution in [1.82, 2.24) is 0 Å². The van der Waals surface area contributed by atoms with E-state index in [-0.39, 0.29) is 11.4 Å². The van der Waals surface area contributed by atoms with Crippen LogP contribution in [-0.4, -0.2) is 16.6 Å². The molecule has 0 amide bonds. The summed E-state index contributed by atoms with van der Waals surface area (Å²) in [6.07, 6.45) is 8.59. The molecule has 0 aliphatic heterocycles. The zero-order chi connectivity index (χ0) is 10.8. The molecule has 0 fully saturated rings. The molecular weight excluding hydrogens is 192 g/mol. The lowest BCUT2D eigenvalue weighted by Crippen LogP contribution is -2.13. The van der Waals surface area contributed by atoms with E-state index in [1.54, 1.807) is 0 Å². The molecule has 3 N–H and O–H groups in total. The highest BCUT2D eigenvalue weighted by Gasteiger charge is 2.15. The van der Waals surface area contributed by atoms with Crippen molar-refractivity contribution in [3.8, 4) is 0 Å². The second-order valence-electron chi connectivity index (χ2n) is 4.03. The molecule has 0 aromatic rings. The van der Waals surface area contributed by atoms with Gasteiger partial charge in [-0.1, -0.05) is 52.4 Å². The van der Waals surface area contributed by atoms with Crippen LogP contribution in [0.15, 0.2) is 0 Å². The van der Waals surface area contributed by atoms with Crippen molar-refractivity contribution in [3.63, 3.8) is 0 Å². The van der Waals surface area contributed by atoms with Gasteiger partial charge in [0.2, 0.25) is 0 Å². The van der Waals surface area contributed by atoms with Crippen molar-refractivity contribution in [1.29, 1.82) is 0 Å². The summed E-state index contributed by atoms with van der Waals surface area (Å²) < 4.78 is 0. The third-order valence-corrected chi connectivity index (χ3v) is 2.66. The number of hydrogen-bond donors (Lipinski definition) is 1. The van der Waals surface area contributed by atoms with Crippen LogP contribution in [0.4, 0.5) is 0 Å². The molecule has 0 aromatic carbocycles. The average Bonchev–Trinajstić information content (AvgIpc) is 2.16. The van der Waals surface area contributed by atoms with Crippen LogP contribution in [0.1, 0.15) is 65.2 Å². The third-order valence-electron chi connectivity index (χ3n) is 2.66. The maximum Gasteiger partial charge on any atom is 0.306 e. The van der Waals surface area contributed by atoms with Crippen LogP contribution in [0, 0.1) is 5.92 Å². The van der Waals surface area contributed by atoms with Gasteiger partial charge in [-0.2, -0.15) is 0 Å². The highest BCUT2D eigenvalue weighted by atomic mass is 16.4. The van der Waals surface area contributed by atoms with Crippen molar-refractivity contribution in [3.05, 3.63) is 0 Å². The summed E-state index contributed by atoms with van der Waals surface area (Å²) >= 11 is 0. The first-order chi connectivity index (χ1) is 6.72. The standard InChI is InChI=1S/C12H24O2.H2O/c1-3-5-7-8-10-11(12(13)14)9-6-4-2;/h11H,3-10H2,1-2H3,(H,13,14);1H2. The topological polar surface area (TPSA) is 68.8 Å². The van der Waals surface area contributed by atoms with E-state index in [9.17, 15) is 4.79 Å². The zero-order valence-corrected chi connectivity index (χ0v) is 10.1. The maximum atomic E-state index is 10.9. The van der Waals surface area contributed by atoms with E-state index >= 15 is 0 Å². The molecule has 0 spiro atoms. The fraction of sp³-hybridized carbons (Fsp3) is 0.917. The van der Waals surface area contributed by atoms with Gasteiger partial charge in [-0.25, -0.2) is 0 Å². The van der Waals surface area contributed by atoms with Crippen molar-refractivity contribution in [2.24, 2.45) is 5.92 Å². The predicted octanol–water partition coefficient (Wildman–Crippen LogP) is 3.02. The summed E-state index contributed by atoms with van der Waals surface area (Å²) in [4.78, 5) is 10.9. The van der Waals surface area contributed by atoms with Gasteiger partial charge in [0.15, 0.2) is 0 Å². The molecule has 0 heterocycles. The predicted molar refractivity (Wildman–Crippen MR) is 63.0 cm³/mol. The SMILES string of the molecule is CCCCCCC(CCCC)C(=O)O.O. The number of carboxylic acids is 1. The minimum Gasteiger partial charge on any atom is -0.481 e. The Labute approximate surface area is 93.2 Å². The lowest BCUT2D eigenvalue weighted by atomic mass is 9.95. The Morgan fingerprint density at radius 3 is 2.00 bits per heavy atom. The monoisotopic (exact) mass is 218 g/mol. The van der Waals surface area contributed by atoms with Gasteiger partial charge in [-0.05, 0) is 12.8 Å². The molecule has 1 unspecified atom stereocenters. The average molecular weight is 218 g/mol. The Hall–Kier alpha value is -0.570.